The third kappa shape index (κ3) is 1.80. The zero-order chi connectivity index (χ0) is 8.27. The van der Waals surface area contributed by atoms with Crippen LogP contribution in [0, 0.1) is 0 Å². The normalized spacial score (nSPS) is 12.5. The second-order valence-electron chi connectivity index (χ2n) is 2.07. The molecule has 0 saturated carbocycles. The van der Waals surface area contributed by atoms with Crippen LogP contribution >= 0.6 is 15.9 Å². The average molecular weight is 215 g/mol. The topological polar surface area (TPSA) is 30.2 Å². The fraction of sp³-hybridized carbons (Fsp3) is 0.125. The van der Waals surface area contributed by atoms with Gasteiger partial charge in [0.25, 0.3) is 0 Å². The molecule has 0 N–H and O–H groups in total. The first-order valence-electron chi connectivity index (χ1n) is 3.11. The molecular weight excluding hydrogens is 208 g/mol. The largest absolute Gasteiger partial charge is 0.465 e. The lowest BCUT2D eigenvalue weighted by Crippen LogP contribution is -1.79. The van der Waals surface area contributed by atoms with Crippen LogP contribution in [0.5, 0.6) is 0 Å². The number of rotatable bonds is 2. The Balaban J connectivity index is 3.02. The fourth-order valence-corrected chi connectivity index (χ4v) is 0.893. The van der Waals surface area contributed by atoms with Gasteiger partial charge in [-0.15, -0.1) is 0 Å². The molecule has 2 nitrogen and oxygen atoms in total. The van der Waals surface area contributed by atoms with Crippen LogP contribution in [0.1, 0.15) is 12.7 Å². The Morgan fingerprint density at radius 1 is 1.73 bits per heavy atom. The smallest absolute Gasteiger partial charge is 0.157 e. The zero-order valence-corrected chi connectivity index (χ0v) is 7.59. The molecule has 1 rings (SSSR count). The summed E-state index contributed by atoms with van der Waals surface area (Å²) in [6.07, 6.45) is 2.32. The summed E-state index contributed by atoms with van der Waals surface area (Å²) in [5.41, 5.74) is 0.810. The molecule has 0 bridgehead atoms. The van der Waals surface area contributed by atoms with Crippen molar-refractivity contribution in [1.29, 1.82) is 0 Å². The number of hydrogen-bond donors (Lipinski definition) is 0. The molecule has 0 fully saturated rings. The van der Waals surface area contributed by atoms with Crippen molar-refractivity contribution < 1.29 is 9.21 Å². The van der Waals surface area contributed by atoms with E-state index in [1.807, 2.05) is 6.92 Å². The van der Waals surface area contributed by atoms with Crippen LogP contribution in [0.25, 0.3) is 5.57 Å². The van der Waals surface area contributed by atoms with Gasteiger partial charge in [0.05, 0.1) is 10.7 Å². The van der Waals surface area contributed by atoms with Crippen LogP contribution in [-0.2, 0) is 4.79 Å². The molecule has 0 amide bonds. The summed E-state index contributed by atoms with van der Waals surface area (Å²) < 4.78 is 5.59. The van der Waals surface area contributed by atoms with Gasteiger partial charge in [-0.2, -0.15) is 0 Å². The fourth-order valence-electron chi connectivity index (χ4n) is 0.698. The number of allylic oxidation sites excluding steroid dienone is 2. The molecule has 0 saturated heterocycles. The Morgan fingerprint density at radius 3 is 2.91 bits per heavy atom. The number of furan rings is 1. The summed E-state index contributed by atoms with van der Waals surface area (Å²) in [5.74, 6) is 0.712. The maximum atomic E-state index is 10.3. The van der Waals surface area contributed by atoms with Crippen molar-refractivity contribution in [2.24, 2.45) is 0 Å². The van der Waals surface area contributed by atoms with Crippen molar-refractivity contribution in [2.75, 3.05) is 0 Å². The van der Waals surface area contributed by atoms with Crippen molar-refractivity contribution in [3.63, 3.8) is 0 Å². The van der Waals surface area contributed by atoms with Crippen LogP contribution in [0.3, 0.4) is 0 Å². The van der Waals surface area contributed by atoms with Gasteiger partial charge in [0.1, 0.15) is 5.76 Å². The number of carbonyl (C=O) groups excluding carboxylic acids is 1. The highest BCUT2D eigenvalue weighted by Crippen LogP contribution is 2.20. The molecule has 0 aliphatic carbocycles. The van der Waals surface area contributed by atoms with Crippen LogP contribution < -0.4 is 0 Å². The molecule has 11 heavy (non-hydrogen) atoms. The summed E-state index contributed by atoms with van der Waals surface area (Å²) >= 11 is 3.12. The Hall–Kier alpha value is -0.830. The number of carbonyl (C=O) groups is 1. The first kappa shape index (κ1) is 8.27. The maximum Gasteiger partial charge on any atom is 0.157 e. The van der Waals surface area contributed by atoms with E-state index in [-0.39, 0.29) is 0 Å². The van der Waals surface area contributed by atoms with Crippen LogP contribution in [-0.4, -0.2) is 6.29 Å². The van der Waals surface area contributed by atoms with Crippen molar-refractivity contribution in [1.82, 2.24) is 0 Å². The second kappa shape index (κ2) is 3.53. The van der Waals surface area contributed by atoms with E-state index in [0.29, 0.717) is 10.2 Å². The van der Waals surface area contributed by atoms with Crippen molar-refractivity contribution >= 4 is 27.8 Å². The molecule has 1 aromatic heterocycles. The van der Waals surface area contributed by atoms with E-state index in [1.54, 1.807) is 18.4 Å². The molecule has 0 aromatic carbocycles. The minimum Gasteiger partial charge on any atom is -0.465 e. The lowest BCUT2D eigenvalue weighted by Gasteiger charge is -1.94. The molecule has 0 unspecified atom stereocenters. The molecule has 58 valence electrons. The quantitative estimate of drug-likeness (QED) is 0.560. The maximum absolute atomic E-state index is 10.3. The van der Waals surface area contributed by atoms with Gasteiger partial charge < -0.3 is 4.42 Å². The van der Waals surface area contributed by atoms with Crippen molar-refractivity contribution in [2.45, 2.75) is 6.92 Å². The van der Waals surface area contributed by atoms with Gasteiger partial charge in [0.2, 0.25) is 0 Å². The highest BCUT2D eigenvalue weighted by atomic mass is 79.9. The Bertz CT molecular complexity index is 272. The predicted octanol–water partition coefficient (Wildman–Crippen LogP) is 2.60. The van der Waals surface area contributed by atoms with E-state index >= 15 is 0 Å². The lowest BCUT2D eigenvalue weighted by atomic mass is 10.2. The van der Waals surface area contributed by atoms with Crippen LogP contribution in [0.4, 0.5) is 0 Å². The summed E-state index contributed by atoms with van der Waals surface area (Å²) in [6.45, 7) is 1.82. The van der Waals surface area contributed by atoms with E-state index in [4.69, 9.17) is 4.42 Å². The highest BCUT2D eigenvalue weighted by molar-refractivity contribution is 9.12. The standard InChI is InChI=1S/C8H7BrO2/c1-6(7(9)5-10)8-3-2-4-11-8/h2-5H,1H3/b7-6-. The monoisotopic (exact) mass is 214 g/mol. The second-order valence-corrected chi connectivity index (χ2v) is 2.92. The van der Waals surface area contributed by atoms with Crippen LogP contribution in [0.15, 0.2) is 27.3 Å². The minimum absolute atomic E-state index is 0.521. The molecule has 3 heteroatoms. The van der Waals surface area contributed by atoms with Gasteiger partial charge in [-0.3, -0.25) is 4.79 Å². The molecular formula is C8H7BrO2. The van der Waals surface area contributed by atoms with Crippen molar-refractivity contribution in [3.8, 4) is 0 Å². The van der Waals surface area contributed by atoms with Gasteiger partial charge in [-0.05, 0) is 35.0 Å². The van der Waals surface area contributed by atoms with Gasteiger partial charge in [0.15, 0.2) is 6.29 Å². The lowest BCUT2D eigenvalue weighted by molar-refractivity contribution is -0.104. The first-order valence-corrected chi connectivity index (χ1v) is 3.90. The van der Waals surface area contributed by atoms with E-state index < -0.39 is 0 Å². The number of halogens is 1. The van der Waals surface area contributed by atoms with E-state index in [2.05, 4.69) is 15.9 Å². The Labute approximate surface area is 73.0 Å². The van der Waals surface area contributed by atoms with Gasteiger partial charge >= 0.3 is 0 Å². The average Bonchev–Trinajstić information content (AvgIpc) is 2.53. The molecule has 1 heterocycles. The third-order valence-electron chi connectivity index (χ3n) is 1.35. The molecule has 0 spiro atoms. The van der Waals surface area contributed by atoms with Crippen LogP contribution in [0.2, 0.25) is 0 Å². The summed E-state index contributed by atoms with van der Waals surface area (Å²) in [4.78, 5) is 10.3. The molecule has 0 atom stereocenters. The van der Waals surface area contributed by atoms with Crippen molar-refractivity contribution in [3.05, 3.63) is 28.6 Å². The summed E-state index contributed by atoms with van der Waals surface area (Å²) in [7, 11) is 0. The van der Waals surface area contributed by atoms with E-state index in [1.165, 1.54) is 0 Å². The van der Waals surface area contributed by atoms with E-state index in [0.717, 1.165) is 11.9 Å². The molecule has 1 aromatic rings. The zero-order valence-electron chi connectivity index (χ0n) is 6.00. The van der Waals surface area contributed by atoms with Gasteiger partial charge in [0, 0.05) is 5.57 Å². The molecule has 0 radical (unpaired) electrons. The van der Waals surface area contributed by atoms with Gasteiger partial charge in [-0.1, -0.05) is 0 Å². The number of hydrogen-bond acceptors (Lipinski definition) is 2. The van der Waals surface area contributed by atoms with E-state index in [9.17, 15) is 4.79 Å². The predicted molar refractivity (Wildman–Crippen MR) is 46.3 cm³/mol. The first-order chi connectivity index (χ1) is 5.25. The minimum atomic E-state index is 0.521. The summed E-state index contributed by atoms with van der Waals surface area (Å²) in [5, 5.41) is 0. The molecule has 0 aliphatic rings. The summed E-state index contributed by atoms with van der Waals surface area (Å²) in [6, 6.07) is 3.59. The highest BCUT2D eigenvalue weighted by Gasteiger charge is 2.02. The SMILES string of the molecule is C/C(=C(/Br)C=O)c1ccco1. The Morgan fingerprint density at radius 2 is 2.45 bits per heavy atom. The number of aldehydes is 1. The molecule has 0 aliphatic heterocycles. The third-order valence-corrected chi connectivity index (χ3v) is 2.13. The Kier molecular flexibility index (Phi) is 2.65. The van der Waals surface area contributed by atoms with Gasteiger partial charge in [-0.25, -0.2) is 0 Å².